The van der Waals surface area contributed by atoms with Crippen LogP contribution in [0.3, 0.4) is 0 Å². The van der Waals surface area contributed by atoms with Crippen molar-refractivity contribution in [2.75, 3.05) is 0 Å². The van der Waals surface area contributed by atoms with Crippen molar-refractivity contribution in [1.82, 2.24) is 0 Å². The van der Waals surface area contributed by atoms with Crippen LogP contribution in [0.2, 0.25) is 5.02 Å². The standard InChI is InChI=1S/C11H11BrClN/c1-2-3-4-11(14)8-5-6-10(13)9(12)7-8/h5-7,11H,4,14H2,1H3. The summed E-state index contributed by atoms with van der Waals surface area (Å²) in [5, 5.41) is 0.697. The zero-order chi connectivity index (χ0) is 10.6. The number of nitrogens with two attached hydrogens (primary N) is 1. The summed E-state index contributed by atoms with van der Waals surface area (Å²) in [6, 6.07) is 5.65. The minimum atomic E-state index is -0.0454. The molecule has 0 aliphatic rings. The van der Waals surface area contributed by atoms with Crippen molar-refractivity contribution in [3.05, 3.63) is 33.3 Å². The SMILES string of the molecule is CC#CCC(N)c1ccc(Cl)c(Br)c1. The van der Waals surface area contributed by atoms with Crippen LogP contribution in [0.1, 0.15) is 24.9 Å². The van der Waals surface area contributed by atoms with Crippen molar-refractivity contribution in [3.63, 3.8) is 0 Å². The molecular weight excluding hydrogens is 261 g/mol. The highest BCUT2D eigenvalue weighted by Gasteiger charge is 2.06. The Labute approximate surface area is 97.8 Å². The average Bonchev–Trinajstić information content (AvgIpc) is 2.18. The molecule has 0 heterocycles. The number of benzene rings is 1. The van der Waals surface area contributed by atoms with Gasteiger partial charge in [0.15, 0.2) is 0 Å². The molecular formula is C11H11BrClN. The number of halogens is 2. The van der Waals surface area contributed by atoms with Gasteiger partial charge in [0.2, 0.25) is 0 Å². The second kappa shape index (κ2) is 5.41. The van der Waals surface area contributed by atoms with Gasteiger partial charge in [-0.25, -0.2) is 0 Å². The van der Waals surface area contributed by atoms with Crippen LogP contribution in [0.4, 0.5) is 0 Å². The predicted molar refractivity (Wildman–Crippen MR) is 64.1 cm³/mol. The van der Waals surface area contributed by atoms with Crippen molar-refractivity contribution in [2.45, 2.75) is 19.4 Å². The van der Waals surface area contributed by atoms with Gasteiger partial charge in [-0.1, -0.05) is 17.7 Å². The smallest absolute Gasteiger partial charge is 0.0548 e. The van der Waals surface area contributed by atoms with Crippen LogP contribution in [0, 0.1) is 11.8 Å². The molecule has 0 saturated carbocycles. The van der Waals surface area contributed by atoms with E-state index < -0.39 is 0 Å². The molecule has 0 amide bonds. The largest absolute Gasteiger partial charge is 0.323 e. The van der Waals surface area contributed by atoms with Gasteiger partial charge >= 0.3 is 0 Å². The molecule has 1 nitrogen and oxygen atoms in total. The lowest BCUT2D eigenvalue weighted by Crippen LogP contribution is -2.09. The topological polar surface area (TPSA) is 26.0 Å². The van der Waals surface area contributed by atoms with Crippen LogP contribution in [0.5, 0.6) is 0 Å². The van der Waals surface area contributed by atoms with E-state index in [0.717, 1.165) is 10.0 Å². The fourth-order valence-electron chi connectivity index (χ4n) is 1.07. The molecule has 1 atom stereocenters. The van der Waals surface area contributed by atoms with Gasteiger partial charge in [-0.15, -0.1) is 11.8 Å². The highest BCUT2D eigenvalue weighted by atomic mass is 79.9. The molecule has 0 aliphatic heterocycles. The Morgan fingerprint density at radius 1 is 1.57 bits per heavy atom. The first kappa shape index (κ1) is 11.6. The molecule has 1 rings (SSSR count). The molecule has 0 radical (unpaired) electrons. The quantitative estimate of drug-likeness (QED) is 0.819. The Hall–Kier alpha value is -0.490. The van der Waals surface area contributed by atoms with E-state index >= 15 is 0 Å². The Morgan fingerprint density at radius 2 is 2.29 bits per heavy atom. The van der Waals surface area contributed by atoms with E-state index in [-0.39, 0.29) is 6.04 Å². The summed E-state index contributed by atoms with van der Waals surface area (Å²) in [4.78, 5) is 0. The molecule has 0 bridgehead atoms. The van der Waals surface area contributed by atoms with Crippen molar-refractivity contribution in [3.8, 4) is 11.8 Å². The third-order valence-electron chi connectivity index (χ3n) is 1.87. The Bertz CT molecular complexity index is 379. The van der Waals surface area contributed by atoms with E-state index in [1.807, 2.05) is 25.1 Å². The first-order chi connectivity index (χ1) is 6.65. The summed E-state index contributed by atoms with van der Waals surface area (Å²) in [5.41, 5.74) is 6.98. The van der Waals surface area contributed by atoms with E-state index in [1.54, 1.807) is 0 Å². The van der Waals surface area contributed by atoms with Crippen molar-refractivity contribution in [1.29, 1.82) is 0 Å². The van der Waals surface area contributed by atoms with Gasteiger partial charge in [0.1, 0.15) is 0 Å². The van der Waals surface area contributed by atoms with Crippen LogP contribution < -0.4 is 5.73 Å². The van der Waals surface area contributed by atoms with E-state index in [9.17, 15) is 0 Å². The lowest BCUT2D eigenvalue weighted by atomic mass is 10.1. The molecule has 1 unspecified atom stereocenters. The predicted octanol–water partition coefficient (Wildman–Crippen LogP) is 3.52. The third kappa shape index (κ3) is 3.02. The van der Waals surface area contributed by atoms with Gasteiger partial charge in [-0.2, -0.15) is 0 Å². The van der Waals surface area contributed by atoms with Gasteiger partial charge in [-0.05, 0) is 40.5 Å². The fourth-order valence-corrected chi connectivity index (χ4v) is 1.59. The lowest BCUT2D eigenvalue weighted by Gasteiger charge is -2.09. The van der Waals surface area contributed by atoms with Crippen molar-refractivity contribution >= 4 is 27.5 Å². The molecule has 3 heteroatoms. The lowest BCUT2D eigenvalue weighted by molar-refractivity contribution is 0.753. The van der Waals surface area contributed by atoms with Gasteiger partial charge in [0.05, 0.1) is 5.02 Å². The highest BCUT2D eigenvalue weighted by Crippen LogP contribution is 2.26. The highest BCUT2D eigenvalue weighted by molar-refractivity contribution is 9.10. The Kier molecular flexibility index (Phi) is 4.47. The molecule has 74 valence electrons. The first-order valence-electron chi connectivity index (χ1n) is 4.25. The average molecular weight is 273 g/mol. The zero-order valence-corrected chi connectivity index (χ0v) is 10.2. The zero-order valence-electron chi connectivity index (χ0n) is 7.85. The first-order valence-corrected chi connectivity index (χ1v) is 5.42. The summed E-state index contributed by atoms with van der Waals surface area (Å²) >= 11 is 9.23. The molecule has 1 aromatic rings. The maximum Gasteiger partial charge on any atom is 0.0548 e. The summed E-state index contributed by atoms with van der Waals surface area (Å²) in [7, 11) is 0. The summed E-state index contributed by atoms with van der Waals surface area (Å²) in [6.07, 6.45) is 0.671. The van der Waals surface area contributed by atoms with E-state index in [2.05, 4.69) is 27.8 Å². The summed E-state index contributed by atoms with van der Waals surface area (Å²) < 4.78 is 0.872. The molecule has 0 saturated heterocycles. The number of hydrogen-bond acceptors (Lipinski definition) is 1. The van der Waals surface area contributed by atoms with E-state index in [4.69, 9.17) is 17.3 Å². The monoisotopic (exact) mass is 271 g/mol. The maximum absolute atomic E-state index is 5.93. The van der Waals surface area contributed by atoms with Crippen LogP contribution in [-0.4, -0.2) is 0 Å². The maximum atomic E-state index is 5.93. The van der Waals surface area contributed by atoms with Crippen LogP contribution in [-0.2, 0) is 0 Å². The second-order valence-corrected chi connectivity index (χ2v) is 4.17. The number of hydrogen-bond donors (Lipinski definition) is 1. The Balaban J connectivity index is 2.83. The molecule has 14 heavy (non-hydrogen) atoms. The minimum absolute atomic E-state index is 0.0454. The molecule has 0 spiro atoms. The van der Waals surface area contributed by atoms with E-state index in [1.165, 1.54) is 0 Å². The summed E-state index contributed by atoms with van der Waals surface area (Å²) in [6.45, 7) is 1.81. The molecule has 2 N–H and O–H groups in total. The third-order valence-corrected chi connectivity index (χ3v) is 3.08. The van der Waals surface area contributed by atoms with Gasteiger partial charge < -0.3 is 5.73 Å². The minimum Gasteiger partial charge on any atom is -0.323 e. The van der Waals surface area contributed by atoms with Gasteiger partial charge in [-0.3, -0.25) is 0 Å². The molecule has 0 fully saturated rings. The Morgan fingerprint density at radius 3 is 2.86 bits per heavy atom. The van der Waals surface area contributed by atoms with Crippen LogP contribution in [0.25, 0.3) is 0 Å². The van der Waals surface area contributed by atoms with Gasteiger partial charge in [0, 0.05) is 16.9 Å². The number of rotatable bonds is 2. The van der Waals surface area contributed by atoms with E-state index in [0.29, 0.717) is 11.4 Å². The van der Waals surface area contributed by atoms with Gasteiger partial charge in [0.25, 0.3) is 0 Å². The second-order valence-electron chi connectivity index (χ2n) is 2.91. The molecule has 0 aromatic heterocycles. The van der Waals surface area contributed by atoms with Crippen molar-refractivity contribution in [2.24, 2.45) is 5.73 Å². The summed E-state index contributed by atoms with van der Waals surface area (Å²) in [5.74, 6) is 5.78. The fraction of sp³-hybridized carbons (Fsp3) is 0.273. The van der Waals surface area contributed by atoms with Crippen molar-refractivity contribution < 1.29 is 0 Å². The molecule has 0 aliphatic carbocycles. The molecule has 1 aromatic carbocycles. The van der Waals surface area contributed by atoms with Crippen LogP contribution >= 0.6 is 27.5 Å². The normalized spacial score (nSPS) is 11.7. The van der Waals surface area contributed by atoms with Crippen LogP contribution in [0.15, 0.2) is 22.7 Å².